The molecule has 2 heterocycles. The molecule has 25 heavy (non-hydrogen) atoms. The van der Waals surface area contributed by atoms with Crippen LogP contribution in [0.4, 0.5) is 0 Å². The maximum atomic E-state index is 12.6. The van der Waals surface area contributed by atoms with Crippen molar-refractivity contribution in [3.8, 4) is 0 Å². The minimum Gasteiger partial charge on any atom is -0.349 e. The summed E-state index contributed by atoms with van der Waals surface area (Å²) >= 11 is 0. The molecule has 0 bridgehead atoms. The van der Waals surface area contributed by atoms with Gasteiger partial charge in [0.1, 0.15) is 12.2 Å². The molecule has 0 spiro atoms. The summed E-state index contributed by atoms with van der Waals surface area (Å²) in [5.74, 6) is -0.126. The van der Waals surface area contributed by atoms with Crippen LogP contribution < -0.4 is 10.0 Å². The summed E-state index contributed by atoms with van der Waals surface area (Å²) in [7, 11) is -3.62. The molecule has 9 heteroatoms. The zero-order valence-corrected chi connectivity index (χ0v) is 14.5. The molecule has 4 rings (SSSR count). The van der Waals surface area contributed by atoms with Crippen LogP contribution in [0, 0.1) is 0 Å². The van der Waals surface area contributed by atoms with Gasteiger partial charge in [0, 0.05) is 0 Å². The maximum absolute atomic E-state index is 12.6. The fourth-order valence-electron chi connectivity index (χ4n) is 3.32. The molecular formula is C16H19N5O3S. The predicted molar refractivity (Wildman–Crippen MR) is 89.0 cm³/mol. The Morgan fingerprint density at radius 2 is 2.00 bits per heavy atom. The van der Waals surface area contributed by atoms with Crippen molar-refractivity contribution in [2.75, 3.05) is 0 Å². The number of aromatic nitrogens is 3. The van der Waals surface area contributed by atoms with Gasteiger partial charge in [0.2, 0.25) is 15.9 Å². The van der Waals surface area contributed by atoms with Crippen LogP contribution in [-0.2, 0) is 47.3 Å². The molecule has 1 amide bonds. The largest absolute Gasteiger partial charge is 0.349 e. The van der Waals surface area contributed by atoms with E-state index >= 15 is 0 Å². The third kappa shape index (κ3) is 3.16. The van der Waals surface area contributed by atoms with Crippen LogP contribution in [0.5, 0.6) is 0 Å². The number of carbonyl (C=O) groups is 1. The number of nitrogens with one attached hydrogen (secondary N) is 2. The molecule has 0 radical (unpaired) electrons. The normalized spacial score (nSPS) is 16.9. The number of sulfonamides is 1. The second-order valence-electron chi connectivity index (χ2n) is 6.38. The molecule has 0 saturated carbocycles. The van der Waals surface area contributed by atoms with Crippen LogP contribution in [-0.4, -0.2) is 29.3 Å². The Balaban J connectivity index is 1.52. The first-order valence-electron chi connectivity index (χ1n) is 8.32. The second kappa shape index (κ2) is 6.23. The van der Waals surface area contributed by atoms with Crippen LogP contribution in [0.2, 0.25) is 0 Å². The van der Waals surface area contributed by atoms with Crippen LogP contribution in [0.1, 0.15) is 35.4 Å². The summed E-state index contributed by atoms with van der Waals surface area (Å²) in [4.78, 5) is 11.6. The van der Waals surface area contributed by atoms with Gasteiger partial charge >= 0.3 is 0 Å². The van der Waals surface area contributed by atoms with Gasteiger partial charge in [-0.3, -0.25) is 4.79 Å². The SMILES string of the molecule is O=C1Cn2nnc(CNS(=O)(=O)c3ccc4c(c3)CCCC4)c2CN1. The van der Waals surface area contributed by atoms with Gasteiger partial charge < -0.3 is 5.32 Å². The predicted octanol–water partition coefficient (Wildman–Crippen LogP) is 0.265. The number of nitrogens with zero attached hydrogens (tertiary/aromatic N) is 3. The molecule has 0 fully saturated rings. The molecule has 1 aliphatic heterocycles. The van der Waals surface area contributed by atoms with E-state index in [1.54, 1.807) is 12.1 Å². The lowest BCUT2D eigenvalue weighted by atomic mass is 9.92. The zero-order valence-electron chi connectivity index (χ0n) is 13.7. The molecule has 0 unspecified atom stereocenters. The first kappa shape index (κ1) is 16.2. The highest BCUT2D eigenvalue weighted by atomic mass is 32.2. The molecule has 8 nitrogen and oxygen atoms in total. The lowest BCUT2D eigenvalue weighted by molar-refractivity contribution is -0.122. The Morgan fingerprint density at radius 1 is 1.20 bits per heavy atom. The van der Waals surface area contributed by atoms with Gasteiger partial charge in [0.25, 0.3) is 0 Å². The molecular weight excluding hydrogens is 342 g/mol. The highest BCUT2D eigenvalue weighted by Gasteiger charge is 2.23. The van der Waals surface area contributed by atoms with Crippen molar-refractivity contribution in [3.05, 3.63) is 40.7 Å². The fraction of sp³-hybridized carbons (Fsp3) is 0.438. The summed E-state index contributed by atoms with van der Waals surface area (Å²) in [6.45, 7) is 0.465. The van der Waals surface area contributed by atoms with Crippen LogP contribution in [0.3, 0.4) is 0 Å². The minimum absolute atomic E-state index is 0.0463. The second-order valence-corrected chi connectivity index (χ2v) is 8.15. The maximum Gasteiger partial charge on any atom is 0.242 e. The Labute approximate surface area is 145 Å². The van der Waals surface area contributed by atoms with Gasteiger partial charge in [-0.1, -0.05) is 11.3 Å². The Hall–Kier alpha value is -2.26. The third-order valence-corrected chi connectivity index (χ3v) is 6.12. The fourth-order valence-corrected chi connectivity index (χ4v) is 4.36. The molecule has 2 aliphatic rings. The molecule has 2 aromatic rings. The van der Waals surface area contributed by atoms with E-state index in [1.165, 1.54) is 10.2 Å². The van der Waals surface area contributed by atoms with Crippen LogP contribution >= 0.6 is 0 Å². The molecule has 132 valence electrons. The van der Waals surface area contributed by atoms with Crippen molar-refractivity contribution in [1.29, 1.82) is 0 Å². The first-order chi connectivity index (χ1) is 12.0. The number of amides is 1. The van der Waals surface area contributed by atoms with Gasteiger partial charge in [0.05, 0.1) is 23.7 Å². The highest BCUT2D eigenvalue weighted by Crippen LogP contribution is 2.24. The smallest absolute Gasteiger partial charge is 0.242 e. The van der Waals surface area contributed by atoms with Crippen molar-refractivity contribution in [3.63, 3.8) is 0 Å². The summed E-state index contributed by atoms with van der Waals surface area (Å²) in [6, 6.07) is 5.35. The number of fused-ring (bicyclic) bond motifs is 2. The standard InChI is InChI=1S/C16H19N5O3S/c22-16-10-21-15(9-17-16)14(19-20-21)8-18-25(23,24)13-6-5-11-3-1-2-4-12(11)7-13/h5-7,18H,1-4,8-10H2,(H,17,22). The summed E-state index contributed by atoms with van der Waals surface area (Å²) < 4.78 is 29.3. The van der Waals surface area contributed by atoms with Crippen molar-refractivity contribution in [2.24, 2.45) is 0 Å². The third-order valence-electron chi connectivity index (χ3n) is 4.72. The van der Waals surface area contributed by atoms with Crippen molar-refractivity contribution in [2.45, 2.75) is 50.2 Å². The van der Waals surface area contributed by atoms with Crippen molar-refractivity contribution < 1.29 is 13.2 Å². The summed E-state index contributed by atoms with van der Waals surface area (Å²) in [5.41, 5.74) is 3.63. The van der Waals surface area contributed by atoms with E-state index in [-0.39, 0.29) is 23.9 Å². The van der Waals surface area contributed by atoms with E-state index in [2.05, 4.69) is 20.4 Å². The van der Waals surface area contributed by atoms with E-state index in [0.29, 0.717) is 12.2 Å². The topological polar surface area (TPSA) is 106 Å². The quantitative estimate of drug-likeness (QED) is 0.813. The lowest BCUT2D eigenvalue weighted by Crippen LogP contribution is -2.35. The van der Waals surface area contributed by atoms with E-state index in [9.17, 15) is 13.2 Å². The average molecular weight is 361 g/mol. The van der Waals surface area contributed by atoms with Gasteiger partial charge in [-0.2, -0.15) is 0 Å². The van der Waals surface area contributed by atoms with Crippen LogP contribution in [0.15, 0.2) is 23.1 Å². The number of hydrogen-bond acceptors (Lipinski definition) is 5. The van der Waals surface area contributed by atoms with Crippen LogP contribution in [0.25, 0.3) is 0 Å². The highest BCUT2D eigenvalue weighted by molar-refractivity contribution is 7.89. The number of hydrogen-bond donors (Lipinski definition) is 2. The van der Waals surface area contributed by atoms with Crippen molar-refractivity contribution in [1.82, 2.24) is 25.0 Å². The Bertz CT molecular complexity index is 935. The molecule has 1 aromatic carbocycles. The van der Waals surface area contributed by atoms with E-state index in [4.69, 9.17) is 0 Å². The zero-order chi connectivity index (χ0) is 17.4. The van der Waals surface area contributed by atoms with Gasteiger partial charge in [-0.25, -0.2) is 17.8 Å². The number of aryl methyl sites for hydroxylation is 2. The monoisotopic (exact) mass is 361 g/mol. The Morgan fingerprint density at radius 3 is 2.84 bits per heavy atom. The first-order valence-corrected chi connectivity index (χ1v) is 9.81. The lowest BCUT2D eigenvalue weighted by Gasteiger charge is -2.17. The number of rotatable bonds is 4. The Kier molecular flexibility index (Phi) is 4.04. The van der Waals surface area contributed by atoms with E-state index in [1.807, 2.05) is 6.07 Å². The molecule has 0 saturated heterocycles. The molecule has 0 atom stereocenters. The summed E-state index contributed by atoms with van der Waals surface area (Å²) in [5, 5.41) is 10.6. The molecule has 1 aromatic heterocycles. The van der Waals surface area contributed by atoms with Gasteiger partial charge in [-0.05, 0) is 48.9 Å². The number of benzene rings is 1. The van der Waals surface area contributed by atoms with Gasteiger partial charge in [-0.15, -0.1) is 5.10 Å². The average Bonchev–Trinajstić information content (AvgIpc) is 3.01. The van der Waals surface area contributed by atoms with E-state index in [0.717, 1.165) is 36.9 Å². The van der Waals surface area contributed by atoms with Crippen molar-refractivity contribution >= 4 is 15.9 Å². The summed E-state index contributed by atoms with van der Waals surface area (Å²) in [6.07, 6.45) is 4.20. The minimum atomic E-state index is -3.62. The molecule has 2 N–H and O–H groups in total. The van der Waals surface area contributed by atoms with Gasteiger partial charge in [0.15, 0.2) is 0 Å². The number of carbonyl (C=O) groups excluding carboxylic acids is 1. The van der Waals surface area contributed by atoms with E-state index < -0.39 is 10.0 Å². The molecule has 1 aliphatic carbocycles.